The molecular weight excluding hydrogens is 276 g/mol. The number of carbonyl (C=O) groups is 1. The van der Waals surface area contributed by atoms with Crippen molar-refractivity contribution in [3.63, 3.8) is 0 Å². The Balaban J connectivity index is 1.76. The zero-order chi connectivity index (χ0) is 15.9. The molecule has 4 nitrogen and oxygen atoms in total. The lowest BCUT2D eigenvalue weighted by atomic mass is 9.99. The number of hydrogen-bond donors (Lipinski definition) is 1. The van der Waals surface area contributed by atoms with Gasteiger partial charge in [-0.3, -0.25) is 4.79 Å². The third kappa shape index (κ3) is 5.10. The molecule has 1 amide bonds. The van der Waals surface area contributed by atoms with Gasteiger partial charge in [-0.25, -0.2) is 0 Å². The SMILES string of the molecule is C=C(C)COc1ccc(NCC(=O)N2CCC(C)CC2)cc1. The fraction of sp³-hybridized carbons (Fsp3) is 0.500. The van der Waals surface area contributed by atoms with E-state index in [-0.39, 0.29) is 5.91 Å². The first-order valence-corrected chi connectivity index (χ1v) is 7.93. The van der Waals surface area contributed by atoms with E-state index in [1.807, 2.05) is 36.1 Å². The number of likely N-dealkylation sites (tertiary alicyclic amines) is 1. The van der Waals surface area contributed by atoms with Crippen molar-refractivity contribution in [3.8, 4) is 5.75 Å². The molecule has 4 heteroatoms. The maximum Gasteiger partial charge on any atom is 0.241 e. The number of carbonyl (C=O) groups excluding carboxylic acids is 1. The van der Waals surface area contributed by atoms with E-state index < -0.39 is 0 Å². The first-order chi connectivity index (χ1) is 10.5. The molecule has 0 bridgehead atoms. The van der Waals surface area contributed by atoms with Crippen molar-refractivity contribution in [1.29, 1.82) is 0 Å². The number of hydrogen-bond acceptors (Lipinski definition) is 3. The van der Waals surface area contributed by atoms with Crippen molar-refractivity contribution in [3.05, 3.63) is 36.4 Å². The van der Waals surface area contributed by atoms with Crippen molar-refractivity contribution in [2.45, 2.75) is 26.7 Å². The van der Waals surface area contributed by atoms with Gasteiger partial charge in [0.1, 0.15) is 12.4 Å². The van der Waals surface area contributed by atoms with Gasteiger partial charge in [-0.1, -0.05) is 13.5 Å². The topological polar surface area (TPSA) is 41.6 Å². The predicted octanol–water partition coefficient (Wildman–Crippen LogP) is 3.31. The van der Waals surface area contributed by atoms with Gasteiger partial charge in [0, 0.05) is 18.8 Å². The highest BCUT2D eigenvalue weighted by Gasteiger charge is 2.19. The van der Waals surface area contributed by atoms with Gasteiger partial charge in [0.05, 0.1) is 6.54 Å². The molecule has 1 saturated heterocycles. The Labute approximate surface area is 133 Å². The van der Waals surface area contributed by atoms with Gasteiger partial charge in [0.15, 0.2) is 0 Å². The summed E-state index contributed by atoms with van der Waals surface area (Å²) < 4.78 is 5.55. The molecule has 1 heterocycles. The monoisotopic (exact) mass is 302 g/mol. The van der Waals surface area contributed by atoms with Crippen LogP contribution in [0, 0.1) is 5.92 Å². The van der Waals surface area contributed by atoms with Crippen LogP contribution in [0.3, 0.4) is 0 Å². The highest BCUT2D eigenvalue weighted by Crippen LogP contribution is 2.18. The highest BCUT2D eigenvalue weighted by atomic mass is 16.5. The molecule has 1 fully saturated rings. The third-order valence-electron chi connectivity index (χ3n) is 3.92. The molecule has 0 radical (unpaired) electrons. The minimum absolute atomic E-state index is 0.175. The van der Waals surface area contributed by atoms with E-state index in [1.54, 1.807) is 0 Å². The van der Waals surface area contributed by atoms with Crippen LogP contribution in [0.2, 0.25) is 0 Å². The van der Waals surface area contributed by atoms with Crippen LogP contribution in [0.15, 0.2) is 36.4 Å². The molecule has 1 aliphatic rings. The summed E-state index contributed by atoms with van der Waals surface area (Å²) in [6, 6.07) is 7.66. The molecular formula is C18H26N2O2. The molecule has 1 aromatic carbocycles. The van der Waals surface area contributed by atoms with Crippen LogP contribution in [-0.4, -0.2) is 37.0 Å². The van der Waals surface area contributed by atoms with Crippen LogP contribution >= 0.6 is 0 Å². The van der Waals surface area contributed by atoms with Gasteiger partial charge in [0.25, 0.3) is 0 Å². The maximum absolute atomic E-state index is 12.2. The summed E-state index contributed by atoms with van der Waals surface area (Å²) in [7, 11) is 0. The highest BCUT2D eigenvalue weighted by molar-refractivity contribution is 5.81. The van der Waals surface area contributed by atoms with E-state index in [0.29, 0.717) is 13.2 Å². The fourth-order valence-electron chi connectivity index (χ4n) is 2.42. The number of rotatable bonds is 6. The summed E-state index contributed by atoms with van der Waals surface area (Å²) in [6.45, 7) is 10.6. The van der Waals surface area contributed by atoms with Crippen LogP contribution in [-0.2, 0) is 4.79 Å². The molecule has 1 aromatic rings. The molecule has 0 aliphatic carbocycles. The van der Waals surface area contributed by atoms with Crippen LogP contribution in [0.4, 0.5) is 5.69 Å². The van der Waals surface area contributed by atoms with Gasteiger partial charge in [-0.15, -0.1) is 0 Å². The number of benzene rings is 1. The number of anilines is 1. The van der Waals surface area contributed by atoms with Gasteiger partial charge in [-0.05, 0) is 55.5 Å². The molecule has 2 rings (SSSR count). The summed E-state index contributed by atoms with van der Waals surface area (Å²) in [5, 5.41) is 3.18. The van der Waals surface area contributed by atoms with Crippen molar-refractivity contribution in [2.24, 2.45) is 5.92 Å². The van der Waals surface area contributed by atoms with E-state index >= 15 is 0 Å². The van der Waals surface area contributed by atoms with E-state index in [0.717, 1.165) is 48.9 Å². The van der Waals surface area contributed by atoms with Crippen LogP contribution in [0.5, 0.6) is 5.75 Å². The smallest absolute Gasteiger partial charge is 0.241 e. The predicted molar refractivity (Wildman–Crippen MR) is 90.2 cm³/mol. The van der Waals surface area contributed by atoms with Crippen molar-refractivity contribution in [2.75, 3.05) is 31.6 Å². The second-order valence-corrected chi connectivity index (χ2v) is 6.19. The Bertz CT molecular complexity index is 502. The lowest BCUT2D eigenvalue weighted by Gasteiger charge is -2.30. The lowest BCUT2D eigenvalue weighted by molar-refractivity contribution is -0.130. The lowest BCUT2D eigenvalue weighted by Crippen LogP contribution is -2.40. The first-order valence-electron chi connectivity index (χ1n) is 7.93. The molecule has 22 heavy (non-hydrogen) atoms. The standard InChI is InChI=1S/C18H26N2O2/c1-14(2)13-22-17-6-4-16(5-7-17)19-12-18(21)20-10-8-15(3)9-11-20/h4-7,15,19H,1,8-13H2,2-3H3. The average molecular weight is 302 g/mol. The second kappa shape index (κ2) is 7.87. The number of nitrogens with zero attached hydrogens (tertiary/aromatic N) is 1. The van der Waals surface area contributed by atoms with Crippen molar-refractivity contribution >= 4 is 11.6 Å². The molecule has 0 atom stereocenters. The Hall–Kier alpha value is -1.97. The number of amides is 1. The van der Waals surface area contributed by atoms with E-state index in [9.17, 15) is 4.79 Å². The summed E-state index contributed by atoms with van der Waals surface area (Å²) in [4.78, 5) is 14.1. The number of nitrogens with one attached hydrogen (secondary N) is 1. The summed E-state index contributed by atoms with van der Waals surface area (Å²) in [5.41, 5.74) is 1.92. The van der Waals surface area contributed by atoms with Crippen LogP contribution in [0.25, 0.3) is 0 Å². The molecule has 0 aromatic heterocycles. The Morgan fingerprint density at radius 1 is 1.32 bits per heavy atom. The second-order valence-electron chi connectivity index (χ2n) is 6.19. The van der Waals surface area contributed by atoms with Gasteiger partial charge in [-0.2, -0.15) is 0 Å². The minimum Gasteiger partial charge on any atom is -0.489 e. The maximum atomic E-state index is 12.2. The van der Waals surface area contributed by atoms with Crippen LogP contribution < -0.4 is 10.1 Å². The molecule has 0 spiro atoms. The summed E-state index contributed by atoms with van der Waals surface area (Å²) in [6.07, 6.45) is 2.22. The summed E-state index contributed by atoms with van der Waals surface area (Å²) in [5.74, 6) is 1.73. The third-order valence-corrected chi connectivity index (χ3v) is 3.92. The van der Waals surface area contributed by atoms with Gasteiger partial charge >= 0.3 is 0 Å². The van der Waals surface area contributed by atoms with E-state index in [1.165, 1.54) is 0 Å². The Kier molecular flexibility index (Phi) is 5.87. The zero-order valence-electron chi connectivity index (χ0n) is 13.6. The normalized spacial score (nSPS) is 15.5. The van der Waals surface area contributed by atoms with E-state index in [4.69, 9.17) is 4.74 Å². The molecule has 1 N–H and O–H groups in total. The van der Waals surface area contributed by atoms with Gasteiger partial charge < -0.3 is 15.0 Å². The first kappa shape index (κ1) is 16.4. The summed E-state index contributed by atoms with van der Waals surface area (Å²) >= 11 is 0. The van der Waals surface area contributed by atoms with Crippen molar-refractivity contribution < 1.29 is 9.53 Å². The molecule has 120 valence electrons. The number of ether oxygens (including phenoxy) is 1. The average Bonchev–Trinajstić information content (AvgIpc) is 2.52. The minimum atomic E-state index is 0.175. The zero-order valence-corrected chi connectivity index (χ0v) is 13.6. The van der Waals surface area contributed by atoms with Crippen molar-refractivity contribution in [1.82, 2.24) is 4.90 Å². The van der Waals surface area contributed by atoms with E-state index in [2.05, 4.69) is 18.8 Å². The Morgan fingerprint density at radius 3 is 2.55 bits per heavy atom. The fourth-order valence-corrected chi connectivity index (χ4v) is 2.42. The molecule has 0 unspecified atom stereocenters. The molecule has 0 saturated carbocycles. The Morgan fingerprint density at radius 2 is 1.95 bits per heavy atom. The molecule has 1 aliphatic heterocycles. The number of piperidine rings is 1. The van der Waals surface area contributed by atoms with Gasteiger partial charge in [0.2, 0.25) is 5.91 Å². The largest absolute Gasteiger partial charge is 0.489 e. The van der Waals surface area contributed by atoms with Crippen LogP contribution in [0.1, 0.15) is 26.7 Å². The quantitative estimate of drug-likeness (QED) is 0.820.